The molecule has 1 aromatic carbocycles. The second-order valence-electron chi connectivity index (χ2n) is 4.18. The van der Waals surface area contributed by atoms with Crippen molar-refractivity contribution in [2.45, 2.75) is 20.1 Å². The van der Waals surface area contributed by atoms with Crippen LogP contribution in [0.25, 0.3) is 0 Å². The normalized spacial score (nSPS) is 10.3. The Hall–Kier alpha value is -1.59. The number of hydrogen-bond acceptors (Lipinski definition) is 4. The first-order valence-electron chi connectivity index (χ1n) is 6.41. The number of nitrogens with two attached hydrogens (primary N) is 1. The van der Waals surface area contributed by atoms with Crippen molar-refractivity contribution in [3.8, 4) is 11.5 Å². The summed E-state index contributed by atoms with van der Waals surface area (Å²) in [6, 6.07) is 7.72. The number of nitrogens with zero attached hydrogens (tertiary/aromatic N) is 1. The first-order valence-corrected chi connectivity index (χ1v) is 7.21. The van der Waals surface area contributed by atoms with E-state index in [2.05, 4.69) is 20.9 Å². The molecule has 0 atom stereocenters. The first kappa shape index (κ1) is 14.8. The zero-order chi connectivity index (χ0) is 14.4. The third kappa shape index (κ3) is 3.71. The molecule has 0 radical (unpaired) electrons. The van der Waals surface area contributed by atoms with E-state index in [-0.39, 0.29) is 0 Å². The van der Waals surface area contributed by atoms with E-state index in [1.54, 1.807) is 12.4 Å². The van der Waals surface area contributed by atoms with E-state index in [1.807, 2.05) is 31.2 Å². The number of halogens is 1. The Bertz CT molecular complexity index is 576. The highest BCUT2D eigenvalue weighted by atomic mass is 79.9. The lowest BCUT2D eigenvalue weighted by molar-refractivity contribution is 0.266. The van der Waals surface area contributed by atoms with Gasteiger partial charge in [-0.2, -0.15) is 0 Å². The zero-order valence-corrected chi connectivity index (χ0v) is 12.9. The van der Waals surface area contributed by atoms with Crippen molar-refractivity contribution in [3.63, 3.8) is 0 Å². The molecule has 5 heteroatoms. The minimum Gasteiger partial charge on any atom is -0.490 e. The maximum Gasteiger partial charge on any atom is 0.166 e. The number of benzene rings is 1. The lowest BCUT2D eigenvalue weighted by Crippen LogP contribution is -2.05. The van der Waals surface area contributed by atoms with Crippen LogP contribution in [0.3, 0.4) is 0 Å². The Morgan fingerprint density at radius 3 is 2.80 bits per heavy atom. The van der Waals surface area contributed by atoms with Gasteiger partial charge in [-0.25, -0.2) is 0 Å². The van der Waals surface area contributed by atoms with Crippen LogP contribution in [0.4, 0.5) is 0 Å². The average Bonchev–Trinajstić information content (AvgIpc) is 2.46. The molecule has 2 aromatic rings. The molecule has 0 fully saturated rings. The minimum atomic E-state index is 0.410. The van der Waals surface area contributed by atoms with E-state index in [0.29, 0.717) is 25.5 Å². The van der Waals surface area contributed by atoms with Crippen LogP contribution in [0.1, 0.15) is 18.1 Å². The molecule has 4 nitrogen and oxygen atoms in total. The lowest BCUT2D eigenvalue weighted by Gasteiger charge is -2.15. The Balaban J connectivity index is 2.19. The standard InChI is InChI=1S/C15H17BrN2O2/c1-2-19-14-5-3-4-12(7-17)15(14)20-10-11-6-13(16)9-18-8-11/h3-6,8-9H,2,7,10,17H2,1H3. The van der Waals surface area contributed by atoms with Gasteiger partial charge >= 0.3 is 0 Å². The van der Waals surface area contributed by atoms with Gasteiger partial charge in [0, 0.05) is 34.5 Å². The summed E-state index contributed by atoms with van der Waals surface area (Å²) in [7, 11) is 0. The summed E-state index contributed by atoms with van der Waals surface area (Å²) in [5.41, 5.74) is 7.66. The van der Waals surface area contributed by atoms with Crippen molar-refractivity contribution in [2.24, 2.45) is 5.73 Å². The summed E-state index contributed by atoms with van der Waals surface area (Å²) in [6.45, 7) is 3.36. The largest absolute Gasteiger partial charge is 0.490 e. The van der Waals surface area contributed by atoms with Gasteiger partial charge in [0.2, 0.25) is 0 Å². The van der Waals surface area contributed by atoms with Gasteiger partial charge in [0.15, 0.2) is 11.5 Å². The topological polar surface area (TPSA) is 57.4 Å². The second-order valence-corrected chi connectivity index (χ2v) is 5.10. The molecule has 0 saturated carbocycles. The van der Waals surface area contributed by atoms with Crippen LogP contribution in [0.5, 0.6) is 11.5 Å². The van der Waals surface area contributed by atoms with Gasteiger partial charge in [-0.15, -0.1) is 0 Å². The van der Waals surface area contributed by atoms with Gasteiger partial charge in [0.25, 0.3) is 0 Å². The molecule has 1 heterocycles. The summed E-state index contributed by atoms with van der Waals surface area (Å²) < 4.78 is 12.4. The van der Waals surface area contributed by atoms with Crippen LogP contribution in [0.15, 0.2) is 41.1 Å². The van der Waals surface area contributed by atoms with Gasteiger partial charge in [-0.1, -0.05) is 12.1 Å². The summed E-state index contributed by atoms with van der Waals surface area (Å²) in [5, 5.41) is 0. The van der Waals surface area contributed by atoms with E-state index in [0.717, 1.165) is 21.3 Å². The molecule has 0 aliphatic rings. The molecule has 0 saturated heterocycles. The number of ether oxygens (including phenoxy) is 2. The van der Waals surface area contributed by atoms with Crippen LogP contribution >= 0.6 is 15.9 Å². The van der Waals surface area contributed by atoms with Crippen LogP contribution in [-0.2, 0) is 13.2 Å². The molecule has 0 unspecified atom stereocenters. The van der Waals surface area contributed by atoms with Crippen molar-refractivity contribution < 1.29 is 9.47 Å². The Morgan fingerprint density at radius 2 is 2.10 bits per heavy atom. The van der Waals surface area contributed by atoms with Crippen LogP contribution in [-0.4, -0.2) is 11.6 Å². The molecule has 0 amide bonds. The average molecular weight is 337 g/mol. The smallest absolute Gasteiger partial charge is 0.166 e. The zero-order valence-electron chi connectivity index (χ0n) is 11.3. The van der Waals surface area contributed by atoms with Crippen molar-refractivity contribution in [1.29, 1.82) is 0 Å². The number of aromatic nitrogens is 1. The highest BCUT2D eigenvalue weighted by Gasteiger charge is 2.10. The van der Waals surface area contributed by atoms with Gasteiger partial charge in [0.1, 0.15) is 6.61 Å². The quantitative estimate of drug-likeness (QED) is 0.879. The summed E-state index contributed by atoms with van der Waals surface area (Å²) in [5.74, 6) is 1.43. The molecule has 0 aliphatic heterocycles. The van der Waals surface area contributed by atoms with E-state index >= 15 is 0 Å². The molecular formula is C15H17BrN2O2. The number of rotatable bonds is 6. The maximum absolute atomic E-state index is 5.89. The molecule has 1 aromatic heterocycles. The number of pyridine rings is 1. The Morgan fingerprint density at radius 1 is 1.25 bits per heavy atom. The third-order valence-corrected chi connectivity index (χ3v) is 3.16. The molecule has 2 rings (SSSR count). The molecule has 106 valence electrons. The highest BCUT2D eigenvalue weighted by molar-refractivity contribution is 9.10. The van der Waals surface area contributed by atoms with Crippen LogP contribution in [0.2, 0.25) is 0 Å². The number of para-hydroxylation sites is 1. The van der Waals surface area contributed by atoms with E-state index < -0.39 is 0 Å². The predicted octanol–water partition coefficient (Wildman–Crippen LogP) is 3.28. The molecule has 0 aliphatic carbocycles. The van der Waals surface area contributed by atoms with E-state index in [1.165, 1.54) is 0 Å². The Kier molecular flexibility index (Phi) is 5.38. The maximum atomic E-state index is 5.89. The lowest BCUT2D eigenvalue weighted by atomic mass is 10.2. The van der Waals surface area contributed by atoms with Gasteiger partial charge in [-0.3, -0.25) is 4.98 Å². The van der Waals surface area contributed by atoms with E-state index in [9.17, 15) is 0 Å². The van der Waals surface area contributed by atoms with E-state index in [4.69, 9.17) is 15.2 Å². The number of hydrogen-bond donors (Lipinski definition) is 1. The van der Waals surface area contributed by atoms with Crippen LogP contribution in [0, 0.1) is 0 Å². The summed E-state index contributed by atoms with van der Waals surface area (Å²) in [4.78, 5) is 4.12. The molecule has 0 bridgehead atoms. The minimum absolute atomic E-state index is 0.410. The SMILES string of the molecule is CCOc1cccc(CN)c1OCc1cncc(Br)c1. The van der Waals surface area contributed by atoms with Crippen molar-refractivity contribution in [3.05, 3.63) is 52.3 Å². The van der Waals surface area contributed by atoms with Crippen LogP contribution < -0.4 is 15.2 Å². The summed E-state index contributed by atoms with van der Waals surface area (Å²) in [6.07, 6.45) is 3.51. The van der Waals surface area contributed by atoms with Crippen molar-refractivity contribution in [2.75, 3.05) is 6.61 Å². The Labute approximate surface area is 127 Å². The third-order valence-electron chi connectivity index (χ3n) is 2.72. The summed E-state index contributed by atoms with van der Waals surface area (Å²) >= 11 is 3.39. The molecule has 2 N–H and O–H groups in total. The predicted molar refractivity (Wildman–Crippen MR) is 81.8 cm³/mol. The fourth-order valence-electron chi connectivity index (χ4n) is 1.85. The fourth-order valence-corrected chi connectivity index (χ4v) is 2.26. The highest BCUT2D eigenvalue weighted by Crippen LogP contribution is 2.32. The van der Waals surface area contributed by atoms with Crippen molar-refractivity contribution in [1.82, 2.24) is 4.98 Å². The second kappa shape index (κ2) is 7.26. The first-order chi connectivity index (χ1) is 9.74. The molecule has 0 spiro atoms. The van der Waals surface area contributed by atoms with Gasteiger partial charge in [0.05, 0.1) is 6.61 Å². The molecular weight excluding hydrogens is 320 g/mol. The molecule has 20 heavy (non-hydrogen) atoms. The van der Waals surface area contributed by atoms with Crippen molar-refractivity contribution >= 4 is 15.9 Å². The fraction of sp³-hybridized carbons (Fsp3) is 0.267. The van der Waals surface area contributed by atoms with Gasteiger partial charge in [-0.05, 0) is 35.0 Å². The van der Waals surface area contributed by atoms with Gasteiger partial charge < -0.3 is 15.2 Å². The monoisotopic (exact) mass is 336 g/mol.